The molecule has 1 aliphatic rings. The zero-order chi connectivity index (χ0) is 16.8. The van der Waals surface area contributed by atoms with E-state index >= 15 is 0 Å². The summed E-state index contributed by atoms with van der Waals surface area (Å²) in [7, 11) is 3.39. The number of aliphatic hydroxyl groups excluding tert-OH is 1. The zero-order valence-electron chi connectivity index (χ0n) is 14.2. The monoisotopic (exact) mass is 358 g/mol. The van der Waals surface area contributed by atoms with Gasteiger partial charge < -0.3 is 25.2 Å². The molecule has 7 heteroatoms. The van der Waals surface area contributed by atoms with Crippen LogP contribution < -0.4 is 15.2 Å². The van der Waals surface area contributed by atoms with Crippen molar-refractivity contribution in [1.82, 2.24) is 4.90 Å². The van der Waals surface area contributed by atoms with Crippen LogP contribution >= 0.6 is 12.4 Å². The molecular formula is C17H27ClN2O4. The fourth-order valence-corrected chi connectivity index (χ4v) is 2.89. The van der Waals surface area contributed by atoms with Gasteiger partial charge in [-0.15, -0.1) is 12.4 Å². The molecule has 0 heterocycles. The molecule has 0 aromatic heterocycles. The Morgan fingerprint density at radius 1 is 1.33 bits per heavy atom. The number of benzene rings is 1. The standard InChI is InChI=1S/C17H26N2O4.ClH/c1-19(17(21)12-10-13(18)14(20)11-12)8-5-9-23-16-7-4-3-6-15(16)22-2;/h3-4,6-7,12-14,20H,5,8-11,18H2,1-2H3;1H/t12-,13-,14-;/m0./s1. The minimum absolute atomic E-state index is 0. The highest BCUT2D eigenvalue weighted by molar-refractivity contribution is 5.85. The summed E-state index contributed by atoms with van der Waals surface area (Å²) in [6, 6.07) is 7.20. The summed E-state index contributed by atoms with van der Waals surface area (Å²) in [5.41, 5.74) is 5.77. The molecule has 1 amide bonds. The Hall–Kier alpha value is -1.50. The highest BCUT2D eigenvalue weighted by Gasteiger charge is 2.35. The van der Waals surface area contributed by atoms with Crippen LogP contribution in [0.25, 0.3) is 0 Å². The van der Waals surface area contributed by atoms with Gasteiger partial charge in [-0.25, -0.2) is 0 Å². The molecule has 1 fully saturated rings. The van der Waals surface area contributed by atoms with Crippen LogP contribution in [0.1, 0.15) is 19.3 Å². The van der Waals surface area contributed by atoms with Gasteiger partial charge in [0.25, 0.3) is 0 Å². The van der Waals surface area contributed by atoms with Crippen molar-refractivity contribution in [3.05, 3.63) is 24.3 Å². The van der Waals surface area contributed by atoms with Gasteiger partial charge in [-0.05, 0) is 31.4 Å². The van der Waals surface area contributed by atoms with Crippen molar-refractivity contribution in [1.29, 1.82) is 0 Å². The van der Waals surface area contributed by atoms with E-state index in [0.717, 1.165) is 6.42 Å². The SMILES string of the molecule is COc1ccccc1OCCCN(C)C(=O)[C@H]1C[C@H](N)[C@@H](O)C1.Cl. The van der Waals surface area contributed by atoms with Crippen LogP contribution in [-0.4, -0.2) is 55.4 Å². The second-order valence-electron chi connectivity index (χ2n) is 6.01. The molecule has 1 aliphatic carbocycles. The van der Waals surface area contributed by atoms with Crippen molar-refractivity contribution in [3.8, 4) is 11.5 Å². The number of rotatable bonds is 7. The van der Waals surface area contributed by atoms with E-state index in [-0.39, 0.29) is 30.3 Å². The number of carbonyl (C=O) groups excluding carboxylic acids is 1. The number of hydrogen-bond donors (Lipinski definition) is 2. The molecule has 24 heavy (non-hydrogen) atoms. The van der Waals surface area contributed by atoms with Crippen molar-refractivity contribution in [2.45, 2.75) is 31.4 Å². The fraction of sp³-hybridized carbons (Fsp3) is 0.588. The van der Waals surface area contributed by atoms with Crippen LogP contribution in [0, 0.1) is 5.92 Å². The van der Waals surface area contributed by atoms with E-state index in [2.05, 4.69) is 0 Å². The quantitative estimate of drug-likeness (QED) is 0.720. The molecule has 0 saturated heterocycles. The molecule has 1 saturated carbocycles. The molecular weight excluding hydrogens is 332 g/mol. The lowest BCUT2D eigenvalue weighted by Crippen LogP contribution is -2.34. The summed E-state index contributed by atoms with van der Waals surface area (Å²) in [5.74, 6) is 1.29. The lowest BCUT2D eigenvalue weighted by molar-refractivity contribution is -0.134. The third kappa shape index (κ3) is 5.26. The van der Waals surface area contributed by atoms with Gasteiger partial charge in [-0.1, -0.05) is 12.1 Å². The average Bonchev–Trinajstić information content (AvgIpc) is 2.90. The first-order valence-electron chi connectivity index (χ1n) is 7.97. The molecule has 3 atom stereocenters. The summed E-state index contributed by atoms with van der Waals surface area (Å²) >= 11 is 0. The maximum Gasteiger partial charge on any atom is 0.225 e. The first-order valence-corrected chi connectivity index (χ1v) is 7.97. The first kappa shape index (κ1) is 20.5. The van der Waals surface area contributed by atoms with E-state index in [1.54, 1.807) is 19.1 Å². The molecule has 1 aromatic carbocycles. The van der Waals surface area contributed by atoms with Gasteiger partial charge in [-0.3, -0.25) is 4.79 Å². The highest BCUT2D eigenvalue weighted by atomic mass is 35.5. The smallest absolute Gasteiger partial charge is 0.225 e. The van der Waals surface area contributed by atoms with Gasteiger partial charge in [0, 0.05) is 25.6 Å². The predicted molar refractivity (Wildman–Crippen MR) is 94.7 cm³/mol. The molecule has 6 nitrogen and oxygen atoms in total. The third-order valence-corrected chi connectivity index (χ3v) is 4.27. The second-order valence-corrected chi connectivity index (χ2v) is 6.01. The number of nitrogens with two attached hydrogens (primary N) is 1. The van der Waals surface area contributed by atoms with E-state index in [9.17, 15) is 9.90 Å². The van der Waals surface area contributed by atoms with Crippen LogP contribution in [0.15, 0.2) is 24.3 Å². The molecule has 136 valence electrons. The Labute approximate surface area is 149 Å². The summed E-state index contributed by atoms with van der Waals surface area (Å²) < 4.78 is 10.9. The van der Waals surface area contributed by atoms with Gasteiger partial charge in [0.05, 0.1) is 19.8 Å². The number of ether oxygens (including phenoxy) is 2. The van der Waals surface area contributed by atoms with Crippen molar-refractivity contribution < 1.29 is 19.4 Å². The minimum Gasteiger partial charge on any atom is -0.493 e. The maximum absolute atomic E-state index is 12.3. The van der Waals surface area contributed by atoms with Gasteiger partial charge in [0.15, 0.2) is 11.5 Å². The minimum atomic E-state index is -0.564. The lowest BCUT2D eigenvalue weighted by atomic mass is 10.1. The van der Waals surface area contributed by atoms with Crippen LogP contribution in [0.3, 0.4) is 0 Å². The molecule has 0 aliphatic heterocycles. The summed E-state index contributed by atoms with van der Waals surface area (Å²) in [6.45, 7) is 1.11. The Balaban J connectivity index is 0.00000288. The van der Waals surface area contributed by atoms with Gasteiger partial charge >= 0.3 is 0 Å². The summed E-state index contributed by atoms with van der Waals surface area (Å²) in [4.78, 5) is 14.0. The molecule has 3 N–H and O–H groups in total. The topological polar surface area (TPSA) is 85.0 Å². The van der Waals surface area contributed by atoms with Crippen LogP contribution in [-0.2, 0) is 4.79 Å². The second kappa shape index (κ2) is 9.71. The molecule has 0 spiro atoms. The van der Waals surface area contributed by atoms with Crippen molar-refractivity contribution >= 4 is 18.3 Å². The number of hydrogen-bond acceptors (Lipinski definition) is 5. The molecule has 0 unspecified atom stereocenters. The molecule has 2 rings (SSSR count). The Bertz CT molecular complexity index is 519. The Morgan fingerprint density at radius 2 is 2.00 bits per heavy atom. The van der Waals surface area contributed by atoms with Crippen molar-refractivity contribution in [3.63, 3.8) is 0 Å². The number of carbonyl (C=O) groups is 1. The number of halogens is 1. The predicted octanol–water partition coefficient (Wildman–Crippen LogP) is 1.44. The van der Waals surface area contributed by atoms with Gasteiger partial charge in [-0.2, -0.15) is 0 Å². The molecule has 0 bridgehead atoms. The van der Waals surface area contributed by atoms with E-state index in [4.69, 9.17) is 15.2 Å². The maximum atomic E-state index is 12.3. The van der Waals surface area contributed by atoms with Gasteiger partial charge in [0.2, 0.25) is 5.91 Å². The number of para-hydroxylation sites is 2. The summed E-state index contributed by atoms with van der Waals surface area (Å²) in [6.07, 6.45) is 1.18. The first-order chi connectivity index (χ1) is 11.0. The number of amides is 1. The van der Waals surface area contributed by atoms with E-state index in [0.29, 0.717) is 37.5 Å². The Morgan fingerprint density at radius 3 is 2.58 bits per heavy atom. The highest BCUT2D eigenvalue weighted by Crippen LogP contribution is 2.27. The van der Waals surface area contributed by atoms with Crippen molar-refractivity contribution in [2.24, 2.45) is 11.7 Å². The van der Waals surface area contributed by atoms with Crippen LogP contribution in [0.4, 0.5) is 0 Å². The number of aliphatic hydroxyl groups is 1. The largest absolute Gasteiger partial charge is 0.493 e. The summed E-state index contributed by atoms with van der Waals surface area (Å²) in [5, 5.41) is 9.66. The lowest BCUT2D eigenvalue weighted by Gasteiger charge is -2.21. The van der Waals surface area contributed by atoms with Crippen LogP contribution in [0.2, 0.25) is 0 Å². The fourth-order valence-electron chi connectivity index (χ4n) is 2.89. The normalized spacial score (nSPS) is 22.6. The molecule has 1 aromatic rings. The van der Waals surface area contributed by atoms with E-state index in [1.165, 1.54) is 0 Å². The Kier molecular flexibility index (Phi) is 8.31. The zero-order valence-corrected chi connectivity index (χ0v) is 15.0. The average molecular weight is 359 g/mol. The van der Waals surface area contributed by atoms with Gasteiger partial charge in [0.1, 0.15) is 0 Å². The van der Waals surface area contributed by atoms with Crippen LogP contribution in [0.5, 0.6) is 11.5 Å². The number of methoxy groups -OCH3 is 1. The van der Waals surface area contributed by atoms with E-state index < -0.39 is 6.10 Å². The number of nitrogens with zero attached hydrogens (tertiary/aromatic N) is 1. The van der Waals surface area contributed by atoms with E-state index in [1.807, 2.05) is 24.3 Å². The third-order valence-electron chi connectivity index (χ3n) is 4.27. The molecule has 0 radical (unpaired) electrons. The van der Waals surface area contributed by atoms with Crippen molar-refractivity contribution in [2.75, 3.05) is 27.3 Å².